The van der Waals surface area contributed by atoms with Crippen LogP contribution < -0.4 is 5.32 Å². The Morgan fingerprint density at radius 3 is 2.58 bits per heavy atom. The second kappa shape index (κ2) is 7.06. The van der Waals surface area contributed by atoms with E-state index in [1.807, 2.05) is 54.7 Å². The second-order valence-electron chi connectivity index (χ2n) is 5.75. The van der Waals surface area contributed by atoms with Gasteiger partial charge in [0.15, 0.2) is 0 Å². The molecule has 0 fully saturated rings. The molecular weight excluding hydrogens is 326 g/mol. The van der Waals surface area contributed by atoms with Crippen LogP contribution in [0.15, 0.2) is 73.1 Å². The maximum atomic E-state index is 12.3. The van der Waals surface area contributed by atoms with Crippen LogP contribution in [0.2, 0.25) is 0 Å². The highest BCUT2D eigenvalue weighted by molar-refractivity contribution is 5.91. The third-order valence-corrected chi connectivity index (χ3v) is 3.94. The van der Waals surface area contributed by atoms with Crippen molar-refractivity contribution in [1.29, 1.82) is 0 Å². The van der Waals surface area contributed by atoms with E-state index in [2.05, 4.69) is 25.5 Å². The minimum absolute atomic E-state index is 0.0621. The summed E-state index contributed by atoms with van der Waals surface area (Å²) in [4.78, 5) is 20.7. The van der Waals surface area contributed by atoms with Crippen molar-refractivity contribution >= 4 is 16.9 Å². The van der Waals surface area contributed by atoms with E-state index in [0.29, 0.717) is 17.6 Å². The lowest BCUT2D eigenvalue weighted by Gasteiger charge is -2.07. The summed E-state index contributed by atoms with van der Waals surface area (Å²) in [6, 6.07) is 19.2. The molecule has 4 aromatic rings. The maximum Gasteiger partial charge on any atom is 0.291 e. The highest BCUT2D eigenvalue weighted by Gasteiger charge is 2.11. The molecule has 0 spiro atoms. The molecule has 2 aromatic carbocycles. The Hall–Kier alpha value is -3.67. The van der Waals surface area contributed by atoms with Crippen LogP contribution in [0.4, 0.5) is 0 Å². The van der Waals surface area contributed by atoms with Crippen molar-refractivity contribution in [3.63, 3.8) is 0 Å². The second-order valence-corrected chi connectivity index (χ2v) is 5.75. The number of aromatic nitrogens is 4. The van der Waals surface area contributed by atoms with E-state index in [1.165, 1.54) is 0 Å². The standard InChI is InChI=1S/C20H15N5O/c26-20(19-23-17-8-1-2-9-18(17)24-25-19)22-12-14-5-3-6-15(11-14)16-7-4-10-21-13-16/h1-11,13H,12H2,(H,22,26). The monoisotopic (exact) mass is 341 g/mol. The molecule has 0 aliphatic carbocycles. The van der Waals surface area contributed by atoms with Gasteiger partial charge in [0.2, 0.25) is 5.82 Å². The van der Waals surface area contributed by atoms with E-state index in [0.717, 1.165) is 16.7 Å². The number of para-hydroxylation sites is 1. The SMILES string of the molecule is O=C(NCc1cccc(-c2cccnc2)c1)c1nnc2ccccc2n1. The van der Waals surface area contributed by atoms with Crippen LogP contribution in [0.5, 0.6) is 0 Å². The molecule has 0 unspecified atom stereocenters. The summed E-state index contributed by atoms with van der Waals surface area (Å²) in [5, 5.41) is 10.8. The molecule has 0 saturated heterocycles. The highest BCUT2D eigenvalue weighted by Crippen LogP contribution is 2.19. The number of fused-ring (bicyclic) bond motifs is 1. The van der Waals surface area contributed by atoms with Gasteiger partial charge in [0.1, 0.15) is 5.52 Å². The van der Waals surface area contributed by atoms with Gasteiger partial charge in [0.25, 0.3) is 5.91 Å². The summed E-state index contributed by atoms with van der Waals surface area (Å²) in [6.07, 6.45) is 3.55. The van der Waals surface area contributed by atoms with Gasteiger partial charge >= 0.3 is 0 Å². The first kappa shape index (κ1) is 15.8. The summed E-state index contributed by atoms with van der Waals surface area (Å²) in [6.45, 7) is 0.378. The van der Waals surface area contributed by atoms with Gasteiger partial charge in [-0.15, -0.1) is 10.2 Å². The number of hydrogen-bond donors (Lipinski definition) is 1. The van der Waals surface area contributed by atoms with Crippen molar-refractivity contribution in [1.82, 2.24) is 25.5 Å². The van der Waals surface area contributed by atoms with Gasteiger partial charge in [0, 0.05) is 18.9 Å². The number of carbonyl (C=O) groups is 1. The van der Waals surface area contributed by atoms with E-state index in [9.17, 15) is 4.79 Å². The number of pyridine rings is 1. The minimum Gasteiger partial charge on any atom is -0.345 e. The Morgan fingerprint density at radius 1 is 0.885 bits per heavy atom. The average Bonchev–Trinajstić information content (AvgIpc) is 2.72. The van der Waals surface area contributed by atoms with E-state index in [1.54, 1.807) is 18.3 Å². The number of amides is 1. The van der Waals surface area contributed by atoms with Crippen LogP contribution >= 0.6 is 0 Å². The first-order valence-corrected chi connectivity index (χ1v) is 8.16. The fraction of sp³-hybridized carbons (Fsp3) is 0.0500. The molecule has 126 valence electrons. The van der Waals surface area contributed by atoms with E-state index in [-0.39, 0.29) is 11.7 Å². The molecular formula is C20H15N5O. The summed E-state index contributed by atoms with van der Waals surface area (Å²) in [5.41, 5.74) is 4.36. The van der Waals surface area contributed by atoms with Gasteiger partial charge in [-0.05, 0) is 41.0 Å². The third-order valence-electron chi connectivity index (χ3n) is 3.94. The highest BCUT2D eigenvalue weighted by atomic mass is 16.2. The normalized spacial score (nSPS) is 10.6. The van der Waals surface area contributed by atoms with Crippen molar-refractivity contribution in [3.8, 4) is 11.1 Å². The first-order chi connectivity index (χ1) is 12.8. The zero-order valence-corrected chi connectivity index (χ0v) is 13.8. The molecule has 0 aliphatic heterocycles. The first-order valence-electron chi connectivity index (χ1n) is 8.16. The largest absolute Gasteiger partial charge is 0.345 e. The predicted molar refractivity (Wildman–Crippen MR) is 98.2 cm³/mol. The topological polar surface area (TPSA) is 80.7 Å². The smallest absolute Gasteiger partial charge is 0.291 e. The molecule has 4 rings (SSSR count). The minimum atomic E-state index is -0.352. The lowest BCUT2D eigenvalue weighted by molar-refractivity contribution is 0.0939. The summed E-state index contributed by atoms with van der Waals surface area (Å²) in [5.74, 6) is -0.290. The molecule has 6 heteroatoms. The van der Waals surface area contributed by atoms with Crippen LogP contribution in [0.3, 0.4) is 0 Å². The van der Waals surface area contributed by atoms with Crippen LogP contribution in [-0.2, 0) is 6.54 Å². The van der Waals surface area contributed by atoms with E-state index in [4.69, 9.17) is 0 Å². The van der Waals surface area contributed by atoms with Crippen LogP contribution in [0.1, 0.15) is 16.2 Å². The van der Waals surface area contributed by atoms with E-state index >= 15 is 0 Å². The van der Waals surface area contributed by atoms with Crippen LogP contribution in [-0.4, -0.2) is 26.1 Å². The van der Waals surface area contributed by atoms with Crippen molar-refractivity contribution < 1.29 is 4.79 Å². The summed E-state index contributed by atoms with van der Waals surface area (Å²) >= 11 is 0. The summed E-state index contributed by atoms with van der Waals surface area (Å²) in [7, 11) is 0. The van der Waals surface area contributed by atoms with Crippen LogP contribution in [0, 0.1) is 0 Å². The molecule has 0 radical (unpaired) electrons. The molecule has 0 saturated carbocycles. The number of carbonyl (C=O) groups excluding carboxylic acids is 1. The van der Waals surface area contributed by atoms with E-state index < -0.39 is 0 Å². The molecule has 26 heavy (non-hydrogen) atoms. The fourth-order valence-corrected chi connectivity index (χ4v) is 2.63. The number of nitrogens with one attached hydrogen (secondary N) is 1. The molecule has 0 atom stereocenters. The van der Waals surface area contributed by atoms with Crippen molar-refractivity contribution in [2.75, 3.05) is 0 Å². The summed E-state index contributed by atoms with van der Waals surface area (Å²) < 4.78 is 0. The zero-order chi connectivity index (χ0) is 17.8. The molecule has 6 nitrogen and oxygen atoms in total. The van der Waals surface area contributed by atoms with Crippen molar-refractivity contribution in [2.45, 2.75) is 6.54 Å². The number of hydrogen-bond acceptors (Lipinski definition) is 5. The van der Waals surface area contributed by atoms with Gasteiger partial charge in [-0.3, -0.25) is 9.78 Å². The van der Waals surface area contributed by atoms with Gasteiger partial charge in [-0.1, -0.05) is 36.4 Å². The lowest BCUT2D eigenvalue weighted by atomic mass is 10.0. The molecule has 2 heterocycles. The molecule has 0 aliphatic rings. The maximum absolute atomic E-state index is 12.3. The number of benzene rings is 2. The molecule has 1 amide bonds. The molecule has 0 bridgehead atoms. The zero-order valence-electron chi connectivity index (χ0n) is 13.8. The van der Waals surface area contributed by atoms with Crippen molar-refractivity contribution in [3.05, 3.63) is 84.4 Å². The quantitative estimate of drug-likeness (QED) is 0.617. The Labute approximate surface area is 150 Å². The Kier molecular flexibility index (Phi) is 4.30. The molecule has 1 N–H and O–H groups in total. The predicted octanol–water partition coefficient (Wildman–Crippen LogP) is 3.02. The Balaban J connectivity index is 1.49. The Bertz CT molecular complexity index is 1070. The number of nitrogens with zero attached hydrogens (tertiary/aromatic N) is 4. The van der Waals surface area contributed by atoms with Gasteiger partial charge in [-0.25, -0.2) is 4.98 Å². The third kappa shape index (κ3) is 3.39. The Morgan fingerprint density at radius 2 is 1.73 bits per heavy atom. The lowest BCUT2D eigenvalue weighted by Crippen LogP contribution is -2.25. The van der Waals surface area contributed by atoms with Crippen molar-refractivity contribution in [2.24, 2.45) is 0 Å². The van der Waals surface area contributed by atoms with Gasteiger partial charge < -0.3 is 5.32 Å². The average molecular weight is 341 g/mol. The van der Waals surface area contributed by atoms with Gasteiger partial charge in [-0.2, -0.15) is 0 Å². The number of rotatable bonds is 4. The molecule has 2 aromatic heterocycles. The van der Waals surface area contributed by atoms with Gasteiger partial charge in [0.05, 0.1) is 5.52 Å². The van der Waals surface area contributed by atoms with Crippen LogP contribution in [0.25, 0.3) is 22.2 Å². The fourth-order valence-electron chi connectivity index (χ4n) is 2.63.